The molecule has 0 N–H and O–H groups in total. The van der Waals surface area contributed by atoms with E-state index >= 15 is 0 Å². The van der Waals surface area contributed by atoms with E-state index in [0.717, 1.165) is 0 Å². The normalized spacial score (nSPS) is 20.0. The van der Waals surface area contributed by atoms with Crippen molar-refractivity contribution in [1.82, 2.24) is 0 Å². The van der Waals surface area contributed by atoms with E-state index < -0.39 is 15.6 Å². The van der Waals surface area contributed by atoms with Crippen LogP contribution in [0.15, 0.2) is 0 Å². The molecule has 0 atom stereocenters. The molecule has 0 spiro atoms. The van der Waals surface area contributed by atoms with Gasteiger partial charge in [-0.25, -0.2) is 0 Å². The van der Waals surface area contributed by atoms with Crippen LogP contribution in [0.4, 0.5) is 21.4 Å². The van der Waals surface area contributed by atoms with E-state index in [-0.39, 0.29) is 59.1 Å². The third kappa shape index (κ3) is 7.42. The standard InChI is InChI=1S/2FO.4FH.2Na.O.Ti.2H/c2*1-2;;;;;;;;;;/h;;4*1H;;;;;;/q2*-1;;;;;;;;+6;;/p-4. The molecule has 0 aromatic carbocycles. The van der Waals surface area contributed by atoms with Crippen LogP contribution in [0.2, 0.25) is 0 Å². The summed E-state index contributed by atoms with van der Waals surface area (Å²) < 4.78 is 74.7. The maximum atomic E-state index is 11.0. The molecule has 0 bridgehead atoms. The van der Waals surface area contributed by atoms with Gasteiger partial charge in [-0.3, -0.25) is 0 Å². The minimum atomic E-state index is -12.4. The monoisotopic (exact) mass is 258 g/mol. The maximum absolute atomic E-state index is 12.4. The van der Waals surface area contributed by atoms with E-state index in [9.17, 15) is 21.4 Å². The quantitative estimate of drug-likeness (QED) is 0.546. The molecular formula is H2F6Na2O3Ti. The van der Waals surface area contributed by atoms with Crippen LogP contribution in [0, 0.1) is 0 Å². The molecular weight excluding hydrogens is 256 g/mol. The topological polar surface area (TPSA) is 35.5 Å². The Kier molecular flexibility index (Phi) is 4.90. The molecule has 0 radical (unpaired) electrons. The molecule has 0 fully saturated rings. The Morgan fingerprint density at radius 2 is 1.00 bits per heavy atom. The van der Waals surface area contributed by atoms with E-state index in [1.807, 2.05) is 0 Å². The van der Waals surface area contributed by atoms with Crippen molar-refractivity contribution in [1.29, 1.82) is 0 Å². The third-order valence-electron chi connectivity index (χ3n) is 0.359. The van der Waals surface area contributed by atoms with Gasteiger partial charge >= 0.3 is 107 Å². The first kappa shape index (κ1) is 19.6. The van der Waals surface area contributed by atoms with Gasteiger partial charge in [0.15, 0.2) is 0 Å². The Bertz CT molecular complexity index is 242. The summed E-state index contributed by atoms with van der Waals surface area (Å²) >= 11 is -12.4. The van der Waals surface area contributed by atoms with Crippen molar-refractivity contribution < 1.29 is 47.4 Å². The fraction of sp³-hybridized carbons (Fsp3) is 0. The van der Waals surface area contributed by atoms with Crippen LogP contribution in [0.1, 0.15) is 0 Å². The molecule has 0 saturated carbocycles. The van der Waals surface area contributed by atoms with Gasteiger partial charge in [0.1, 0.15) is 0 Å². The number of rotatable bonds is 2. The van der Waals surface area contributed by atoms with Gasteiger partial charge in [-0.2, -0.15) is 0 Å². The molecule has 0 aromatic rings. The fourth-order valence-corrected chi connectivity index (χ4v) is 0.0491. The van der Waals surface area contributed by atoms with Gasteiger partial charge in [0.05, 0.1) is 0 Å². The molecule has 0 amide bonds. The van der Waals surface area contributed by atoms with Gasteiger partial charge in [-0.15, -0.1) is 0 Å². The van der Waals surface area contributed by atoms with Gasteiger partial charge in [0.25, 0.3) is 0 Å². The Labute approximate surface area is 105 Å². The molecule has 0 heterocycles. The fourth-order valence-electron chi connectivity index (χ4n) is 0.0119. The second-order valence-corrected chi connectivity index (χ2v) is 7.25. The van der Waals surface area contributed by atoms with Gasteiger partial charge < -0.3 is 0 Å². The summed E-state index contributed by atoms with van der Waals surface area (Å²) in [7, 11) is 0. The average Bonchev–Trinajstić information content (AvgIpc) is 1.66. The van der Waals surface area contributed by atoms with Crippen molar-refractivity contribution in [2.45, 2.75) is 0 Å². The van der Waals surface area contributed by atoms with Gasteiger partial charge in [-0.05, 0) is 0 Å². The van der Waals surface area contributed by atoms with Gasteiger partial charge in [0.2, 0.25) is 0 Å². The Hall–Kier alpha value is 2.01. The number of halogens is 6. The van der Waals surface area contributed by atoms with Crippen LogP contribution in [0.5, 0.6) is 0 Å². The van der Waals surface area contributed by atoms with E-state index in [1.165, 1.54) is 0 Å². The van der Waals surface area contributed by atoms with Crippen molar-refractivity contribution in [3.05, 3.63) is 0 Å². The predicted octanol–water partition coefficient (Wildman–Crippen LogP) is 0.966. The first-order valence-electron chi connectivity index (χ1n) is 1.68. The molecule has 0 aromatic heterocycles. The van der Waals surface area contributed by atoms with E-state index in [1.54, 1.807) is 0 Å². The summed E-state index contributed by atoms with van der Waals surface area (Å²) in [6.45, 7) is 0. The zero-order chi connectivity index (χ0) is 8.79. The van der Waals surface area contributed by atoms with Crippen molar-refractivity contribution in [3.63, 3.8) is 0 Å². The van der Waals surface area contributed by atoms with E-state index in [0.29, 0.717) is 7.05 Å². The summed E-state index contributed by atoms with van der Waals surface area (Å²) in [5.74, 6) is 0. The molecule has 0 aliphatic rings. The van der Waals surface area contributed by atoms with Crippen molar-refractivity contribution in [2.75, 3.05) is 0 Å². The van der Waals surface area contributed by atoms with Crippen LogP contribution < -0.4 is 0 Å². The Morgan fingerprint density at radius 1 is 0.833 bits per heavy atom. The first-order chi connectivity index (χ1) is 3.84. The average molecular weight is 258 g/mol. The second kappa shape index (κ2) is 3.00. The Balaban J connectivity index is -0.000000405. The molecule has 68 valence electrons. The minimum absolute atomic E-state index is 0. The summed E-state index contributed by atoms with van der Waals surface area (Å²) in [4.78, 5) is 0. The molecule has 0 saturated heterocycles. The SMILES string of the molecule is [NaH].[NaH].[O]=[Ti]([F])([F])([F])([F])([O]F)[O]F. The Morgan fingerprint density at radius 3 is 1.00 bits per heavy atom. The molecule has 0 aliphatic carbocycles. The van der Waals surface area contributed by atoms with Crippen LogP contribution in [0.25, 0.3) is 0 Å². The molecule has 12 heteroatoms. The van der Waals surface area contributed by atoms with Crippen molar-refractivity contribution in [2.24, 2.45) is 0 Å². The van der Waals surface area contributed by atoms with Crippen LogP contribution in [0.3, 0.4) is 0 Å². The van der Waals surface area contributed by atoms with Crippen LogP contribution >= 0.6 is 0 Å². The molecule has 0 rings (SSSR count). The second-order valence-electron chi connectivity index (χ2n) is 1.76. The molecule has 0 unspecified atom stereocenters. The third-order valence-corrected chi connectivity index (χ3v) is 1.48. The summed E-state index contributed by atoms with van der Waals surface area (Å²) in [6.07, 6.45) is 0. The van der Waals surface area contributed by atoms with Crippen molar-refractivity contribution >= 4 is 59.1 Å². The zero-order valence-corrected chi connectivity index (χ0v) is 5.55. The number of hydrogen-bond donors (Lipinski definition) is 0. The van der Waals surface area contributed by atoms with E-state index in [2.05, 4.69) is 0 Å². The van der Waals surface area contributed by atoms with Gasteiger partial charge in [-0.1, -0.05) is 0 Å². The summed E-state index contributed by atoms with van der Waals surface area (Å²) in [6, 6.07) is 0. The number of hydrogen-bond acceptors (Lipinski definition) is 3. The molecule has 0 aliphatic heterocycles. The van der Waals surface area contributed by atoms with E-state index in [4.69, 9.17) is 3.32 Å². The zero-order valence-electron chi connectivity index (χ0n) is 3.99. The van der Waals surface area contributed by atoms with Crippen LogP contribution in [-0.4, -0.2) is 59.1 Å². The molecule has 12 heavy (non-hydrogen) atoms. The molecule has 3 nitrogen and oxygen atoms in total. The van der Waals surface area contributed by atoms with Crippen molar-refractivity contribution in [3.8, 4) is 0 Å². The van der Waals surface area contributed by atoms with Gasteiger partial charge in [0, 0.05) is 0 Å². The van der Waals surface area contributed by atoms with Crippen LogP contribution in [-0.2, 0) is 26.0 Å². The summed E-state index contributed by atoms with van der Waals surface area (Å²) in [5, 5.41) is 0. The summed E-state index contributed by atoms with van der Waals surface area (Å²) in [5.41, 5.74) is 0. The predicted molar refractivity (Wildman–Crippen MR) is 23.8 cm³/mol. The first-order valence-corrected chi connectivity index (χ1v) is 5.95.